The molecule has 2 aliphatic rings. The molecule has 0 heterocycles. The van der Waals surface area contributed by atoms with Crippen LogP contribution in [0.25, 0.3) is 0 Å². The SMILES string of the molecule is CC(C)CC1(C(=O)N(CCCl)C2CCCC2)CCCC1. The van der Waals surface area contributed by atoms with E-state index in [2.05, 4.69) is 18.7 Å². The van der Waals surface area contributed by atoms with E-state index in [-0.39, 0.29) is 5.41 Å². The summed E-state index contributed by atoms with van der Waals surface area (Å²) in [5, 5.41) is 0. The summed E-state index contributed by atoms with van der Waals surface area (Å²) in [6.07, 6.45) is 10.6. The molecule has 2 nitrogen and oxygen atoms in total. The average molecular weight is 300 g/mol. The zero-order valence-corrected chi connectivity index (χ0v) is 13.9. The molecule has 0 atom stereocenters. The van der Waals surface area contributed by atoms with Crippen molar-refractivity contribution in [3.63, 3.8) is 0 Å². The highest BCUT2D eigenvalue weighted by Gasteiger charge is 2.45. The molecule has 2 aliphatic carbocycles. The minimum absolute atomic E-state index is 0.0667. The quantitative estimate of drug-likeness (QED) is 0.656. The van der Waals surface area contributed by atoms with Crippen molar-refractivity contribution in [2.24, 2.45) is 11.3 Å². The van der Waals surface area contributed by atoms with Gasteiger partial charge in [-0.05, 0) is 38.0 Å². The van der Waals surface area contributed by atoms with Crippen molar-refractivity contribution < 1.29 is 4.79 Å². The van der Waals surface area contributed by atoms with E-state index in [0.717, 1.165) is 25.8 Å². The third-order valence-corrected chi connectivity index (χ3v) is 5.33. The number of carbonyl (C=O) groups is 1. The van der Waals surface area contributed by atoms with Gasteiger partial charge in [0.25, 0.3) is 0 Å². The molecular formula is C17H30ClNO. The maximum atomic E-state index is 13.2. The zero-order valence-electron chi connectivity index (χ0n) is 13.2. The van der Waals surface area contributed by atoms with E-state index in [1.54, 1.807) is 0 Å². The Bertz CT molecular complexity index is 317. The number of halogens is 1. The first kappa shape index (κ1) is 16.1. The first-order valence-electron chi connectivity index (χ1n) is 8.46. The molecule has 0 aromatic rings. The lowest BCUT2D eigenvalue weighted by molar-refractivity contribution is -0.145. The van der Waals surface area contributed by atoms with Crippen molar-refractivity contribution in [3.05, 3.63) is 0 Å². The maximum absolute atomic E-state index is 13.2. The van der Waals surface area contributed by atoms with E-state index < -0.39 is 0 Å². The van der Waals surface area contributed by atoms with Gasteiger partial charge in [-0.15, -0.1) is 11.6 Å². The van der Waals surface area contributed by atoms with E-state index in [1.165, 1.54) is 38.5 Å². The van der Waals surface area contributed by atoms with Gasteiger partial charge in [0.1, 0.15) is 0 Å². The molecule has 2 saturated carbocycles. The van der Waals surface area contributed by atoms with Gasteiger partial charge in [0.2, 0.25) is 5.91 Å². The number of amides is 1. The minimum Gasteiger partial charge on any atom is -0.338 e. The normalized spacial score (nSPS) is 22.6. The maximum Gasteiger partial charge on any atom is 0.229 e. The number of rotatable bonds is 6. The summed E-state index contributed by atoms with van der Waals surface area (Å²) < 4.78 is 0. The van der Waals surface area contributed by atoms with E-state index in [0.29, 0.717) is 23.7 Å². The number of nitrogens with zero attached hydrogens (tertiary/aromatic N) is 1. The third kappa shape index (κ3) is 3.50. The standard InChI is InChI=1S/C17H30ClNO/c1-14(2)13-17(9-5-6-10-17)16(20)19(12-11-18)15-7-3-4-8-15/h14-15H,3-13H2,1-2H3. The lowest BCUT2D eigenvalue weighted by Gasteiger charge is -2.38. The predicted octanol–water partition coefficient (Wildman–Crippen LogP) is 4.60. The van der Waals surface area contributed by atoms with Gasteiger partial charge >= 0.3 is 0 Å². The fourth-order valence-electron chi connectivity index (χ4n) is 4.40. The summed E-state index contributed by atoms with van der Waals surface area (Å²) in [5.74, 6) is 1.59. The summed E-state index contributed by atoms with van der Waals surface area (Å²) in [5.41, 5.74) is -0.0667. The molecule has 0 aliphatic heterocycles. The van der Waals surface area contributed by atoms with E-state index >= 15 is 0 Å². The van der Waals surface area contributed by atoms with Crippen LogP contribution in [0.5, 0.6) is 0 Å². The summed E-state index contributed by atoms with van der Waals surface area (Å²) in [4.78, 5) is 15.4. The second kappa shape index (κ2) is 7.15. The topological polar surface area (TPSA) is 20.3 Å². The monoisotopic (exact) mass is 299 g/mol. The Morgan fingerprint density at radius 1 is 1.20 bits per heavy atom. The largest absolute Gasteiger partial charge is 0.338 e. The molecule has 3 heteroatoms. The number of alkyl halides is 1. The van der Waals surface area contributed by atoms with Crippen LogP contribution in [0, 0.1) is 11.3 Å². The van der Waals surface area contributed by atoms with Crippen molar-refractivity contribution in [1.29, 1.82) is 0 Å². The molecule has 1 amide bonds. The smallest absolute Gasteiger partial charge is 0.229 e. The second-order valence-corrected chi connectivity index (χ2v) is 7.59. The Labute approximate surface area is 129 Å². The first-order valence-corrected chi connectivity index (χ1v) is 8.99. The molecule has 0 aromatic heterocycles. The Hall–Kier alpha value is -0.240. The molecule has 0 saturated heterocycles. The van der Waals surface area contributed by atoms with E-state index in [1.807, 2.05) is 0 Å². The van der Waals surface area contributed by atoms with Crippen LogP contribution in [0.4, 0.5) is 0 Å². The molecule has 0 bridgehead atoms. The zero-order chi connectivity index (χ0) is 14.6. The summed E-state index contributed by atoms with van der Waals surface area (Å²) in [7, 11) is 0. The average Bonchev–Trinajstić information content (AvgIpc) is 3.06. The van der Waals surface area contributed by atoms with Gasteiger partial charge in [0, 0.05) is 23.9 Å². The van der Waals surface area contributed by atoms with Crippen LogP contribution in [-0.4, -0.2) is 29.3 Å². The molecular weight excluding hydrogens is 270 g/mol. The van der Waals surface area contributed by atoms with Crippen molar-refractivity contribution in [2.45, 2.75) is 77.7 Å². The van der Waals surface area contributed by atoms with Crippen molar-refractivity contribution in [1.82, 2.24) is 4.90 Å². The van der Waals surface area contributed by atoms with Gasteiger partial charge in [-0.3, -0.25) is 4.79 Å². The Balaban J connectivity index is 2.14. The molecule has 0 unspecified atom stereocenters. The van der Waals surface area contributed by atoms with Gasteiger partial charge in [-0.25, -0.2) is 0 Å². The summed E-state index contributed by atoms with van der Waals surface area (Å²) in [6.45, 7) is 5.23. The number of carbonyl (C=O) groups excluding carboxylic acids is 1. The molecule has 0 radical (unpaired) electrons. The van der Waals surface area contributed by atoms with Crippen LogP contribution >= 0.6 is 11.6 Å². The Morgan fingerprint density at radius 3 is 2.30 bits per heavy atom. The van der Waals surface area contributed by atoms with E-state index in [4.69, 9.17) is 11.6 Å². The third-order valence-electron chi connectivity index (χ3n) is 5.17. The lowest BCUT2D eigenvalue weighted by Crippen LogP contribution is -2.48. The van der Waals surface area contributed by atoms with Crippen LogP contribution in [-0.2, 0) is 4.79 Å². The molecule has 0 spiro atoms. The fraction of sp³-hybridized carbons (Fsp3) is 0.941. The summed E-state index contributed by atoms with van der Waals surface area (Å²) in [6, 6.07) is 0.464. The summed E-state index contributed by atoms with van der Waals surface area (Å²) >= 11 is 5.98. The highest BCUT2D eigenvalue weighted by Crippen LogP contribution is 2.45. The van der Waals surface area contributed by atoms with Gasteiger partial charge in [-0.2, -0.15) is 0 Å². The van der Waals surface area contributed by atoms with Gasteiger partial charge in [-0.1, -0.05) is 39.5 Å². The minimum atomic E-state index is -0.0667. The molecule has 0 N–H and O–H groups in total. The van der Waals surface area contributed by atoms with Crippen molar-refractivity contribution in [3.8, 4) is 0 Å². The van der Waals surface area contributed by atoms with Crippen LogP contribution in [0.3, 0.4) is 0 Å². The molecule has 2 fully saturated rings. The van der Waals surface area contributed by atoms with Gasteiger partial charge in [0.15, 0.2) is 0 Å². The predicted molar refractivity (Wildman–Crippen MR) is 85.0 cm³/mol. The molecule has 0 aromatic carbocycles. The Kier molecular flexibility index (Phi) is 5.77. The van der Waals surface area contributed by atoms with Crippen LogP contribution < -0.4 is 0 Å². The number of hydrogen-bond donors (Lipinski definition) is 0. The van der Waals surface area contributed by atoms with E-state index in [9.17, 15) is 4.79 Å². The van der Waals surface area contributed by atoms with Crippen LogP contribution in [0.1, 0.15) is 71.6 Å². The van der Waals surface area contributed by atoms with Crippen LogP contribution in [0.15, 0.2) is 0 Å². The first-order chi connectivity index (χ1) is 9.59. The van der Waals surface area contributed by atoms with Crippen molar-refractivity contribution >= 4 is 17.5 Å². The highest BCUT2D eigenvalue weighted by atomic mass is 35.5. The van der Waals surface area contributed by atoms with Crippen molar-refractivity contribution in [2.75, 3.05) is 12.4 Å². The lowest BCUT2D eigenvalue weighted by atomic mass is 9.77. The molecule has 116 valence electrons. The fourth-order valence-corrected chi connectivity index (χ4v) is 4.58. The molecule has 20 heavy (non-hydrogen) atoms. The highest BCUT2D eigenvalue weighted by molar-refractivity contribution is 6.18. The number of hydrogen-bond acceptors (Lipinski definition) is 1. The van der Waals surface area contributed by atoms with Gasteiger partial charge < -0.3 is 4.90 Å². The van der Waals surface area contributed by atoms with Gasteiger partial charge in [0.05, 0.1) is 0 Å². The molecule has 2 rings (SSSR count). The second-order valence-electron chi connectivity index (χ2n) is 7.21. The Morgan fingerprint density at radius 2 is 1.80 bits per heavy atom. The van der Waals surface area contributed by atoms with Crippen LogP contribution in [0.2, 0.25) is 0 Å².